The Kier molecular flexibility index (Phi) is 4.65. The smallest absolute Gasteiger partial charge is 0.341 e. The van der Waals surface area contributed by atoms with E-state index in [1.54, 1.807) is 0 Å². The number of hydrogen-bond donors (Lipinski definition) is 2. The van der Waals surface area contributed by atoms with Crippen LogP contribution in [-0.4, -0.2) is 45.3 Å². The van der Waals surface area contributed by atoms with Crippen molar-refractivity contribution in [3.05, 3.63) is 70.0 Å². The molecule has 8 nitrogen and oxygen atoms in total. The summed E-state index contributed by atoms with van der Waals surface area (Å²) in [7, 11) is 0. The first-order chi connectivity index (χ1) is 14.6. The summed E-state index contributed by atoms with van der Waals surface area (Å²) in [6.07, 6.45) is 5.68. The van der Waals surface area contributed by atoms with Gasteiger partial charge in [0.15, 0.2) is 11.3 Å². The van der Waals surface area contributed by atoms with Crippen LogP contribution < -0.4 is 10.7 Å². The monoisotopic (exact) mass is 404 g/mol. The molecule has 5 rings (SSSR count). The van der Waals surface area contributed by atoms with Gasteiger partial charge < -0.3 is 19.7 Å². The van der Waals surface area contributed by atoms with Crippen molar-refractivity contribution in [3.8, 4) is 22.4 Å². The van der Waals surface area contributed by atoms with Gasteiger partial charge in [0.05, 0.1) is 12.3 Å². The molecule has 30 heavy (non-hydrogen) atoms. The minimum absolute atomic E-state index is 0.123. The van der Waals surface area contributed by atoms with E-state index in [2.05, 4.69) is 21.4 Å². The number of carboxylic acid groups (broad SMARTS) is 1. The Balaban J connectivity index is 1.46. The molecule has 2 N–H and O–H groups in total. The molecule has 4 heterocycles. The zero-order valence-corrected chi connectivity index (χ0v) is 16.2. The molecule has 2 aliphatic heterocycles. The van der Waals surface area contributed by atoms with Crippen molar-refractivity contribution >= 4 is 5.97 Å². The lowest BCUT2D eigenvalue weighted by molar-refractivity contribution is 0.0221. The molecule has 0 saturated carbocycles. The maximum absolute atomic E-state index is 12.2. The van der Waals surface area contributed by atoms with Crippen molar-refractivity contribution in [3.63, 3.8) is 0 Å². The number of nitrogens with one attached hydrogen (secondary N) is 1. The van der Waals surface area contributed by atoms with Crippen LogP contribution in [0.5, 0.6) is 0 Å². The lowest BCUT2D eigenvalue weighted by atomic mass is 9.93. The van der Waals surface area contributed by atoms with Gasteiger partial charge in [0.2, 0.25) is 0 Å². The number of rotatable bonds is 3. The van der Waals surface area contributed by atoms with Gasteiger partial charge in [-0.15, -0.1) is 0 Å². The zero-order valence-electron chi connectivity index (χ0n) is 16.2. The predicted molar refractivity (Wildman–Crippen MR) is 109 cm³/mol. The van der Waals surface area contributed by atoms with E-state index in [1.165, 1.54) is 12.3 Å². The van der Waals surface area contributed by atoms with Gasteiger partial charge in [-0.2, -0.15) is 0 Å². The number of hydrogen-bond acceptors (Lipinski definition) is 6. The Hall–Kier alpha value is -3.36. The number of aryl methyl sites for hydroxylation is 2. The number of ether oxygens (including phenoxy) is 1. The fourth-order valence-corrected chi connectivity index (χ4v) is 4.01. The maximum Gasteiger partial charge on any atom is 0.341 e. The van der Waals surface area contributed by atoms with Gasteiger partial charge in [-0.25, -0.2) is 14.8 Å². The minimum atomic E-state index is -1.20. The number of aromatic nitrogens is 3. The molecule has 1 unspecified atom stereocenters. The average molecular weight is 404 g/mol. The van der Waals surface area contributed by atoms with Gasteiger partial charge >= 0.3 is 5.97 Å². The Bertz CT molecular complexity index is 1180. The second-order valence-corrected chi connectivity index (χ2v) is 7.45. The van der Waals surface area contributed by atoms with Crippen LogP contribution in [0.25, 0.3) is 22.4 Å². The lowest BCUT2D eigenvalue weighted by Gasteiger charge is -2.23. The van der Waals surface area contributed by atoms with Gasteiger partial charge in [0.25, 0.3) is 0 Å². The fraction of sp³-hybridized carbons (Fsp3) is 0.273. The predicted octanol–water partition coefficient (Wildman–Crippen LogP) is 1.89. The molecule has 8 heteroatoms. The largest absolute Gasteiger partial charge is 0.477 e. The van der Waals surface area contributed by atoms with Crippen LogP contribution in [0.15, 0.2) is 47.7 Å². The van der Waals surface area contributed by atoms with Crippen molar-refractivity contribution < 1.29 is 14.6 Å². The quantitative estimate of drug-likeness (QED) is 0.687. The number of carboxylic acids is 1. The molecule has 0 spiro atoms. The first-order valence-electron chi connectivity index (χ1n) is 9.86. The Morgan fingerprint density at radius 3 is 2.77 bits per heavy atom. The maximum atomic E-state index is 12.2. The van der Waals surface area contributed by atoms with Crippen LogP contribution >= 0.6 is 0 Å². The lowest BCUT2D eigenvalue weighted by Crippen LogP contribution is -2.34. The molecule has 0 bridgehead atoms. The Morgan fingerprint density at radius 1 is 1.20 bits per heavy atom. The van der Waals surface area contributed by atoms with Crippen molar-refractivity contribution in [2.45, 2.75) is 19.1 Å². The van der Waals surface area contributed by atoms with Gasteiger partial charge in [0, 0.05) is 55.4 Å². The molecule has 0 radical (unpaired) electrons. The van der Waals surface area contributed by atoms with Crippen LogP contribution in [-0.2, 0) is 17.7 Å². The van der Waals surface area contributed by atoms with E-state index in [1.807, 2.05) is 29.1 Å². The average Bonchev–Trinajstić information content (AvgIpc) is 2.79. The summed E-state index contributed by atoms with van der Waals surface area (Å²) in [5, 5.41) is 12.5. The molecule has 2 aliphatic rings. The highest BCUT2D eigenvalue weighted by Crippen LogP contribution is 2.32. The third kappa shape index (κ3) is 3.30. The second kappa shape index (κ2) is 7.47. The van der Waals surface area contributed by atoms with Crippen LogP contribution in [0.4, 0.5) is 0 Å². The molecule has 1 saturated heterocycles. The summed E-state index contributed by atoms with van der Waals surface area (Å²) in [5.74, 6) is -0.527. The number of benzene rings is 1. The van der Waals surface area contributed by atoms with Crippen molar-refractivity contribution in [2.24, 2.45) is 0 Å². The first kappa shape index (κ1) is 18.7. The van der Waals surface area contributed by atoms with E-state index >= 15 is 0 Å². The number of pyridine rings is 1. The van der Waals surface area contributed by atoms with Crippen molar-refractivity contribution in [2.75, 3.05) is 19.7 Å². The molecule has 0 aliphatic carbocycles. The molecule has 3 aromatic rings. The topological polar surface area (TPSA) is 106 Å². The van der Waals surface area contributed by atoms with Crippen molar-refractivity contribution in [1.29, 1.82) is 0 Å². The van der Waals surface area contributed by atoms with E-state index in [9.17, 15) is 14.7 Å². The zero-order chi connectivity index (χ0) is 20.7. The molecular weight excluding hydrogens is 384 g/mol. The number of fused-ring (bicyclic) bond motifs is 3. The van der Waals surface area contributed by atoms with Crippen LogP contribution in [0, 0.1) is 0 Å². The van der Waals surface area contributed by atoms with E-state index < -0.39 is 11.4 Å². The fourth-order valence-electron chi connectivity index (χ4n) is 4.01. The van der Waals surface area contributed by atoms with Crippen LogP contribution in [0.3, 0.4) is 0 Å². The summed E-state index contributed by atoms with van der Waals surface area (Å²) in [5.41, 5.74) is 4.03. The Morgan fingerprint density at radius 2 is 2.03 bits per heavy atom. The van der Waals surface area contributed by atoms with Gasteiger partial charge in [-0.05, 0) is 17.5 Å². The highest BCUT2D eigenvalue weighted by molar-refractivity contribution is 5.87. The normalized spacial score (nSPS) is 17.8. The van der Waals surface area contributed by atoms with E-state index in [4.69, 9.17) is 4.74 Å². The minimum Gasteiger partial charge on any atom is -0.477 e. The summed E-state index contributed by atoms with van der Waals surface area (Å²) >= 11 is 0. The van der Waals surface area contributed by atoms with E-state index in [0.717, 1.165) is 40.9 Å². The number of morpholine rings is 1. The van der Waals surface area contributed by atoms with Crippen LogP contribution in [0.2, 0.25) is 0 Å². The summed E-state index contributed by atoms with van der Waals surface area (Å²) in [6.45, 7) is 2.82. The highest BCUT2D eigenvalue weighted by Gasteiger charge is 2.21. The first-order valence-corrected chi connectivity index (χ1v) is 9.86. The van der Waals surface area contributed by atoms with E-state index in [0.29, 0.717) is 25.5 Å². The van der Waals surface area contributed by atoms with Crippen LogP contribution in [0.1, 0.15) is 27.8 Å². The third-order valence-corrected chi connectivity index (χ3v) is 5.58. The number of carbonyl (C=O) groups is 1. The number of aromatic carboxylic acids is 1. The molecule has 2 aromatic heterocycles. The third-order valence-electron chi connectivity index (χ3n) is 5.58. The molecule has 1 atom stereocenters. The molecule has 1 fully saturated rings. The highest BCUT2D eigenvalue weighted by atomic mass is 16.5. The summed E-state index contributed by atoms with van der Waals surface area (Å²) < 4.78 is 7.53. The molecule has 0 amide bonds. The molecule has 1 aromatic carbocycles. The summed E-state index contributed by atoms with van der Waals surface area (Å²) in [4.78, 5) is 32.4. The Labute approximate surface area is 172 Å². The second-order valence-electron chi connectivity index (χ2n) is 7.45. The molecule has 152 valence electrons. The van der Waals surface area contributed by atoms with Gasteiger partial charge in [0.1, 0.15) is 11.7 Å². The van der Waals surface area contributed by atoms with E-state index in [-0.39, 0.29) is 11.7 Å². The molecular formula is C22H20N4O4. The SMILES string of the molecule is O=C(O)c1cn2c(cc1=O)-c1ccc(-c3cnc(C4CNCCO4)nc3)cc1CC2. The van der Waals surface area contributed by atoms with Gasteiger partial charge in [-0.3, -0.25) is 4.79 Å². The number of nitrogens with zero attached hydrogens (tertiary/aromatic N) is 3. The summed E-state index contributed by atoms with van der Waals surface area (Å²) in [6, 6.07) is 7.45. The van der Waals surface area contributed by atoms with Gasteiger partial charge in [-0.1, -0.05) is 18.2 Å². The standard InChI is InChI=1S/C22H20N4O4/c27-19-8-18-16-2-1-13(7-14(16)3-5-26(18)12-17(19)22(28)29)15-9-24-21(25-10-15)20-11-23-4-6-30-20/h1-2,7-10,12,20,23H,3-6,11H2,(H,28,29). The van der Waals surface area contributed by atoms with Crippen molar-refractivity contribution in [1.82, 2.24) is 19.9 Å².